The summed E-state index contributed by atoms with van der Waals surface area (Å²) >= 11 is 0. The average molecular weight is 290 g/mol. The molecule has 1 saturated heterocycles. The van der Waals surface area contributed by atoms with Crippen LogP contribution < -0.4 is 0 Å². The van der Waals surface area contributed by atoms with Crippen LogP contribution in [0.2, 0.25) is 0 Å². The fourth-order valence-corrected chi connectivity index (χ4v) is 2.53. The first kappa shape index (κ1) is 15.4. The molecule has 1 unspecified atom stereocenters. The van der Waals surface area contributed by atoms with E-state index in [0.29, 0.717) is 11.6 Å². The smallest absolute Gasteiger partial charge is 0.323 e. The first-order valence-electron chi connectivity index (χ1n) is 7.39. The van der Waals surface area contributed by atoms with Crippen LogP contribution in [-0.2, 0) is 4.79 Å². The highest BCUT2D eigenvalue weighted by Crippen LogP contribution is 2.17. The standard InChI is InChI=1S/C15H22N4O2/c1-11-4-3-7-18(8-5-11)15(21)19-9-6-14(17-19)13(16)10-12(2)20/h6,9,11,16H,3-5,7-8,10H2,1-2H3. The number of nitrogens with one attached hydrogen (secondary N) is 1. The lowest BCUT2D eigenvalue weighted by Crippen LogP contribution is -2.36. The second-order valence-electron chi connectivity index (χ2n) is 5.81. The number of rotatable bonds is 3. The maximum Gasteiger partial charge on any atom is 0.344 e. The summed E-state index contributed by atoms with van der Waals surface area (Å²) in [4.78, 5) is 25.3. The minimum Gasteiger partial charge on any atom is -0.323 e. The molecule has 1 aromatic heterocycles. The number of carbonyl (C=O) groups excluding carboxylic acids is 2. The Morgan fingerprint density at radius 3 is 2.86 bits per heavy atom. The minimum atomic E-state index is -0.147. The van der Waals surface area contributed by atoms with E-state index in [0.717, 1.165) is 32.4 Å². The fraction of sp³-hybridized carbons (Fsp3) is 0.600. The molecule has 1 atom stereocenters. The molecule has 6 heteroatoms. The van der Waals surface area contributed by atoms with E-state index in [1.54, 1.807) is 12.3 Å². The van der Waals surface area contributed by atoms with Gasteiger partial charge < -0.3 is 10.3 Å². The third kappa shape index (κ3) is 4.00. The molecule has 6 nitrogen and oxygen atoms in total. The average Bonchev–Trinajstić information content (AvgIpc) is 2.81. The Bertz CT molecular complexity index is 550. The summed E-state index contributed by atoms with van der Waals surface area (Å²) in [6.07, 6.45) is 4.80. The predicted octanol–water partition coefficient (Wildman–Crippen LogP) is 2.32. The number of carbonyl (C=O) groups is 2. The van der Waals surface area contributed by atoms with E-state index in [9.17, 15) is 9.59 Å². The first-order chi connectivity index (χ1) is 9.97. The maximum absolute atomic E-state index is 12.4. The lowest BCUT2D eigenvalue weighted by Gasteiger charge is -2.19. The first-order valence-corrected chi connectivity index (χ1v) is 7.39. The minimum absolute atomic E-state index is 0.0480. The van der Waals surface area contributed by atoms with Crippen LogP contribution >= 0.6 is 0 Å². The Hall–Kier alpha value is -1.98. The Labute approximate surface area is 124 Å². The van der Waals surface area contributed by atoms with Gasteiger partial charge in [0.15, 0.2) is 0 Å². The van der Waals surface area contributed by atoms with Crippen LogP contribution in [0.4, 0.5) is 4.79 Å². The third-order valence-electron chi connectivity index (χ3n) is 3.81. The van der Waals surface area contributed by atoms with Crippen LogP contribution in [-0.4, -0.2) is 45.3 Å². The zero-order valence-corrected chi connectivity index (χ0v) is 12.6. The van der Waals surface area contributed by atoms with E-state index in [2.05, 4.69) is 12.0 Å². The monoisotopic (exact) mass is 290 g/mol. The molecular formula is C15H22N4O2. The van der Waals surface area contributed by atoms with Gasteiger partial charge in [-0.3, -0.25) is 4.79 Å². The van der Waals surface area contributed by atoms with Gasteiger partial charge in [-0.15, -0.1) is 0 Å². The summed E-state index contributed by atoms with van der Waals surface area (Å²) in [6.45, 7) is 5.15. The normalized spacial score (nSPS) is 19.1. The van der Waals surface area contributed by atoms with E-state index in [-0.39, 0.29) is 23.9 Å². The summed E-state index contributed by atoms with van der Waals surface area (Å²) in [5, 5.41) is 11.9. The summed E-state index contributed by atoms with van der Waals surface area (Å²) in [5.74, 6) is 0.571. The van der Waals surface area contributed by atoms with Crippen molar-refractivity contribution in [1.82, 2.24) is 14.7 Å². The molecule has 2 rings (SSSR count). The topological polar surface area (TPSA) is 79.0 Å². The molecule has 1 fully saturated rings. The molecule has 1 aliphatic heterocycles. The zero-order chi connectivity index (χ0) is 15.4. The van der Waals surface area contributed by atoms with Gasteiger partial charge in [-0.25, -0.2) is 4.79 Å². The molecule has 21 heavy (non-hydrogen) atoms. The number of ketones is 1. The second-order valence-corrected chi connectivity index (χ2v) is 5.81. The number of amides is 1. The van der Waals surface area contributed by atoms with Crippen molar-refractivity contribution in [3.8, 4) is 0 Å². The van der Waals surface area contributed by atoms with Crippen molar-refractivity contribution in [3.05, 3.63) is 18.0 Å². The van der Waals surface area contributed by atoms with Crippen LogP contribution in [0.1, 0.15) is 45.2 Å². The van der Waals surface area contributed by atoms with Crippen molar-refractivity contribution in [2.24, 2.45) is 5.92 Å². The van der Waals surface area contributed by atoms with Gasteiger partial charge in [0, 0.05) is 25.7 Å². The second kappa shape index (κ2) is 6.65. The molecule has 0 saturated carbocycles. The lowest BCUT2D eigenvalue weighted by molar-refractivity contribution is -0.115. The van der Waals surface area contributed by atoms with Gasteiger partial charge in [-0.1, -0.05) is 6.92 Å². The highest BCUT2D eigenvalue weighted by Gasteiger charge is 2.21. The Morgan fingerprint density at radius 2 is 2.14 bits per heavy atom. The van der Waals surface area contributed by atoms with Crippen molar-refractivity contribution >= 4 is 17.5 Å². The molecule has 0 bridgehead atoms. The molecule has 1 aliphatic rings. The Kier molecular flexibility index (Phi) is 4.88. The molecular weight excluding hydrogens is 268 g/mol. The van der Waals surface area contributed by atoms with Gasteiger partial charge in [-0.05, 0) is 38.2 Å². The fourth-order valence-electron chi connectivity index (χ4n) is 2.53. The van der Waals surface area contributed by atoms with Gasteiger partial charge in [0.25, 0.3) is 0 Å². The van der Waals surface area contributed by atoms with Crippen molar-refractivity contribution in [3.63, 3.8) is 0 Å². The van der Waals surface area contributed by atoms with E-state index < -0.39 is 0 Å². The summed E-state index contributed by atoms with van der Waals surface area (Å²) in [5.41, 5.74) is 0.542. The summed E-state index contributed by atoms with van der Waals surface area (Å²) < 4.78 is 1.28. The van der Waals surface area contributed by atoms with Crippen LogP contribution in [0.5, 0.6) is 0 Å². The van der Waals surface area contributed by atoms with Gasteiger partial charge in [0.1, 0.15) is 11.5 Å². The van der Waals surface area contributed by atoms with Crippen molar-refractivity contribution in [2.75, 3.05) is 13.1 Å². The Balaban J connectivity index is 2.04. The zero-order valence-electron chi connectivity index (χ0n) is 12.6. The number of hydrogen-bond acceptors (Lipinski definition) is 4. The Morgan fingerprint density at radius 1 is 1.38 bits per heavy atom. The SMILES string of the molecule is CC(=O)CC(=N)c1ccn(C(=O)N2CCCC(C)CC2)n1. The van der Waals surface area contributed by atoms with E-state index in [1.807, 2.05) is 4.90 Å². The third-order valence-corrected chi connectivity index (χ3v) is 3.81. The van der Waals surface area contributed by atoms with Crippen molar-refractivity contribution in [2.45, 2.75) is 39.5 Å². The van der Waals surface area contributed by atoms with Gasteiger partial charge >= 0.3 is 6.03 Å². The van der Waals surface area contributed by atoms with Crippen LogP contribution in [0.15, 0.2) is 12.3 Å². The van der Waals surface area contributed by atoms with Crippen LogP contribution in [0, 0.1) is 11.3 Å². The lowest BCUT2D eigenvalue weighted by atomic mass is 10.0. The molecule has 0 radical (unpaired) electrons. The maximum atomic E-state index is 12.4. The molecule has 1 amide bonds. The van der Waals surface area contributed by atoms with Crippen LogP contribution in [0.25, 0.3) is 0 Å². The summed E-state index contributed by atoms with van der Waals surface area (Å²) in [7, 11) is 0. The molecule has 0 aliphatic carbocycles. The van der Waals surface area contributed by atoms with Gasteiger partial charge in [0.2, 0.25) is 0 Å². The largest absolute Gasteiger partial charge is 0.344 e. The number of nitrogens with zero attached hydrogens (tertiary/aromatic N) is 3. The molecule has 1 aromatic rings. The highest BCUT2D eigenvalue weighted by atomic mass is 16.2. The molecule has 114 valence electrons. The number of likely N-dealkylation sites (tertiary alicyclic amines) is 1. The van der Waals surface area contributed by atoms with E-state index in [1.165, 1.54) is 11.6 Å². The van der Waals surface area contributed by atoms with Crippen LogP contribution in [0.3, 0.4) is 0 Å². The summed E-state index contributed by atoms with van der Waals surface area (Å²) in [6, 6.07) is 1.47. The quantitative estimate of drug-likeness (QED) is 0.868. The molecule has 1 N–H and O–H groups in total. The van der Waals surface area contributed by atoms with Gasteiger partial charge in [-0.2, -0.15) is 9.78 Å². The predicted molar refractivity (Wildman–Crippen MR) is 79.7 cm³/mol. The van der Waals surface area contributed by atoms with Crippen molar-refractivity contribution in [1.29, 1.82) is 5.41 Å². The number of hydrogen-bond donors (Lipinski definition) is 1. The molecule has 0 spiro atoms. The van der Waals surface area contributed by atoms with Gasteiger partial charge in [0.05, 0.1) is 5.71 Å². The highest BCUT2D eigenvalue weighted by molar-refractivity contribution is 6.07. The van der Waals surface area contributed by atoms with Crippen molar-refractivity contribution < 1.29 is 9.59 Å². The number of aromatic nitrogens is 2. The molecule has 2 heterocycles. The molecule has 0 aromatic carbocycles. The number of Topliss-reactive ketones (excluding diaryl/α,β-unsaturated/α-hetero) is 1. The van der Waals surface area contributed by atoms with E-state index >= 15 is 0 Å². The van der Waals surface area contributed by atoms with E-state index in [4.69, 9.17) is 5.41 Å².